The lowest BCUT2D eigenvalue weighted by Gasteiger charge is -2.15. The molecule has 2 unspecified atom stereocenters. The SMILES string of the molecule is Cn1cc(CC(=O)C2CCCC2CN)cn1. The van der Waals surface area contributed by atoms with Crippen LogP contribution >= 0.6 is 0 Å². The molecular formula is C12H19N3O. The van der Waals surface area contributed by atoms with E-state index in [4.69, 9.17) is 5.73 Å². The van der Waals surface area contributed by atoms with Crippen molar-refractivity contribution in [2.45, 2.75) is 25.7 Å². The molecule has 4 heteroatoms. The third kappa shape index (κ3) is 2.32. The zero-order valence-electron chi connectivity index (χ0n) is 9.72. The van der Waals surface area contributed by atoms with Crippen molar-refractivity contribution in [2.75, 3.05) is 6.54 Å². The van der Waals surface area contributed by atoms with Crippen LogP contribution in [0.5, 0.6) is 0 Å². The molecule has 88 valence electrons. The standard InChI is InChI=1S/C12H19N3O/c1-15-8-9(7-14-15)5-12(16)11-4-2-3-10(11)6-13/h7-8,10-11H,2-6,13H2,1H3. The average molecular weight is 221 g/mol. The number of hydrogen-bond donors (Lipinski definition) is 1. The van der Waals surface area contributed by atoms with E-state index in [1.165, 1.54) is 0 Å². The monoisotopic (exact) mass is 221 g/mol. The van der Waals surface area contributed by atoms with Gasteiger partial charge in [0, 0.05) is 25.6 Å². The van der Waals surface area contributed by atoms with Gasteiger partial charge in [-0.25, -0.2) is 0 Å². The maximum absolute atomic E-state index is 12.1. The van der Waals surface area contributed by atoms with E-state index in [1.54, 1.807) is 10.9 Å². The average Bonchev–Trinajstić information content (AvgIpc) is 2.86. The van der Waals surface area contributed by atoms with Crippen molar-refractivity contribution in [1.82, 2.24) is 9.78 Å². The number of ketones is 1. The Morgan fingerprint density at radius 3 is 3.06 bits per heavy atom. The van der Waals surface area contributed by atoms with Gasteiger partial charge in [0.2, 0.25) is 0 Å². The van der Waals surface area contributed by atoms with Crippen molar-refractivity contribution < 1.29 is 4.79 Å². The van der Waals surface area contributed by atoms with Crippen LogP contribution in [0.4, 0.5) is 0 Å². The first-order valence-electron chi connectivity index (χ1n) is 5.91. The van der Waals surface area contributed by atoms with Crippen molar-refractivity contribution in [1.29, 1.82) is 0 Å². The van der Waals surface area contributed by atoms with Gasteiger partial charge >= 0.3 is 0 Å². The number of aryl methyl sites for hydroxylation is 1. The third-order valence-electron chi connectivity index (χ3n) is 3.51. The summed E-state index contributed by atoms with van der Waals surface area (Å²) in [5.41, 5.74) is 6.70. The van der Waals surface area contributed by atoms with Gasteiger partial charge in [0.05, 0.1) is 6.20 Å². The lowest BCUT2D eigenvalue weighted by Crippen LogP contribution is -2.26. The zero-order valence-corrected chi connectivity index (χ0v) is 9.72. The molecule has 0 bridgehead atoms. The largest absolute Gasteiger partial charge is 0.330 e. The first-order valence-corrected chi connectivity index (χ1v) is 5.91. The molecule has 0 amide bonds. The molecule has 16 heavy (non-hydrogen) atoms. The highest BCUT2D eigenvalue weighted by Crippen LogP contribution is 2.32. The summed E-state index contributed by atoms with van der Waals surface area (Å²) in [6, 6.07) is 0. The van der Waals surface area contributed by atoms with Crippen molar-refractivity contribution >= 4 is 5.78 Å². The molecule has 1 aliphatic carbocycles. The van der Waals surface area contributed by atoms with Gasteiger partial charge in [0.25, 0.3) is 0 Å². The molecule has 1 heterocycles. The normalized spacial score (nSPS) is 24.9. The van der Waals surface area contributed by atoms with Gasteiger partial charge in [-0.05, 0) is 30.9 Å². The molecule has 1 aromatic rings. The molecular weight excluding hydrogens is 202 g/mol. The van der Waals surface area contributed by atoms with Crippen molar-refractivity contribution in [3.8, 4) is 0 Å². The van der Waals surface area contributed by atoms with Gasteiger partial charge in [0.15, 0.2) is 0 Å². The Labute approximate surface area is 95.8 Å². The molecule has 2 rings (SSSR count). The number of Topliss-reactive ketones (excluding diaryl/α,β-unsaturated/α-hetero) is 1. The Hall–Kier alpha value is -1.16. The van der Waals surface area contributed by atoms with E-state index in [0.29, 0.717) is 24.7 Å². The number of carbonyl (C=O) groups excluding carboxylic acids is 1. The molecule has 1 aliphatic rings. The molecule has 2 atom stereocenters. The predicted octanol–water partition coefficient (Wildman–Crippen LogP) is 0.907. The molecule has 0 aliphatic heterocycles. The van der Waals surface area contributed by atoms with Crippen LogP contribution in [-0.2, 0) is 18.3 Å². The molecule has 0 spiro atoms. The van der Waals surface area contributed by atoms with Crippen molar-refractivity contribution in [3.63, 3.8) is 0 Å². The summed E-state index contributed by atoms with van der Waals surface area (Å²) in [4.78, 5) is 12.1. The highest BCUT2D eigenvalue weighted by atomic mass is 16.1. The number of hydrogen-bond acceptors (Lipinski definition) is 3. The maximum atomic E-state index is 12.1. The second-order valence-corrected chi connectivity index (χ2v) is 4.70. The maximum Gasteiger partial charge on any atom is 0.140 e. The van der Waals surface area contributed by atoms with Gasteiger partial charge in [-0.1, -0.05) is 6.42 Å². The summed E-state index contributed by atoms with van der Waals surface area (Å²) >= 11 is 0. The third-order valence-corrected chi connectivity index (χ3v) is 3.51. The van der Waals surface area contributed by atoms with Gasteiger partial charge in [-0.2, -0.15) is 5.10 Å². The molecule has 0 radical (unpaired) electrons. The first-order chi connectivity index (χ1) is 7.70. The fourth-order valence-corrected chi connectivity index (χ4v) is 2.64. The van der Waals surface area contributed by atoms with Crippen LogP contribution < -0.4 is 5.73 Å². The molecule has 1 saturated carbocycles. The molecule has 4 nitrogen and oxygen atoms in total. The summed E-state index contributed by atoms with van der Waals surface area (Å²) in [6.45, 7) is 0.642. The molecule has 0 saturated heterocycles. The summed E-state index contributed by atoms with van der Waals surface area (Å²) in [7, 11) is 1.87. The minimum absolute atomic E-state index is 0.185. The second kappa shape index (κ2) is 4.78. The van der Waals surface area contributed by atoms with Gasteiger partial charge < -0.3 is 5.73 Å². The Bertz CT molecular complexity index is 372. The fraction of sp³-hybridized carbons (Fsp3) is 0.667. The fourth-order valence-electron chi connectivity index (χ4n) is 2.64. The van der Waals surface area contributed by atoms with Crippen LogP contribution in [0.1, 0.15) is 24.8 Å². The van der Waals surface area contributed by atoms with E-state index in [1.807, 2.05) is 13.2 Å². The minimum Gasteiger partial charge on any atom is -0.330 e. The summed E-state index contributed by atoms with van der Waals surface area (Å²) < 4.78 is 1.73. The molecule has 1 aromatic heterocycles. The predicted molar refractivity (Wildman–Crippen MR) is 61.8 cm³/mol. The Balaban J connectivity index is 1.97. The smallest absolute Gasteiger partial charge is 0.140 e. The summed E-state index contributed by atoms with van der Waals surface area (Å²) in [5, 5.41) is 4.08. The highest BCUT2D eigenvalue weighted by molar-refractivity contribution is 5.83. The second-order valence-electron chi connectivity index (χ2n) is 4.70. The van der Waals surface area contributed by atoms with Crippen LogP contribution in [0, 0.1) is 11.8 Å². The highest BCUT2D eigenvalue weighted by Gasteiger charge is 2.31. The van der Waals surface area contributed by atoms with E-state index in [0.717, 1.165) is 24.8 Å². The van der Waals surface area contributed by atoms with Crippen LogP contribution in [0.25, 0.3) is 0 Å². The summed E-state index contributed by atoms with van der Waals surface area (Å²) in [5.74, 6) is 0.926. The Morgan fingerprint density at radius 1 is 1.62 bits per heavy atom. The van der Waals surface area contributed by atoms with Gasteiger partial charge in [-0.3, -0.25) is 9.48 Å². The Kier molecular flexibility index (Phi) is 3.39. The lowest BCUT2D eigenvalue weighted by atomic mass is 9.89. The van der Waals surface area contributed by atoms with Crippen LogP contribution in [-0.4, -0.2) is 22.1 Å². The van der Waals surface area contributed by atoms with Gasteiger partial charge in [-0.15, -0.1) is 0 Å². The van der Waals surface area contributed by atoms with E-state index in [9.17, 15) is 4.79 Å². The minimum atomic E-state index is 0.185. The van der Waals surface area contributed by atoms with Gasteiger partial charge in [0.1, 0.15) is 5.78 Å². The molecule has 1 fully saturated rings. The van der Waals surface area contributed by atoms with Crippen molar-refractivity contribution in [3.05, 3.63) is 18.0 Å². The Morgan fingerprint density at radius 2 is 2.44 bits per heavy atom. The van der Waals surface area contributed by atoms with Crippen LogP contribution in [0.3, 0.4) is 0 Å². The molecule has 0 aromatic carbocycles. The molecule has 2 N–H and O–H groups in total. The van der Waals surface area contributed by atoms with E-state index in [2.05, 4.69) is 5.10 Å². The number of rotatable bonds is 4. The first kappa shape index (κ1) is 11.3. The van der Waals surface area contributed by atoms with Crippen LogP contribution in [0.15, 0.2) is 12.4 Å². The topological polar surface area (TPSA) is 60.9 Å². The van der Waals surface area contributed by atoms with Crippen LogP contribution in [0.2, 0.25) is 0 Å². The van der Waals surface area contributed by atoms with E-state index < -0.39 is 0 Å². The number of nitrogens with zero attached hydrogens (tertiary/aromatic N) is 2. The quantitative estimate of drug-likeness (QED) is 0.822. The van der Waals surface area contributed by atoms with Crippen molar-refractivity contribution in [2.24, 2.45) is 24.6 Å². The van der Waals surface area contributed by atoms with E-state index >= 15 is 0 Å². The van der Waals surface area contributed by atoms with E-state index in [-0.39, 0.29) is 5.92 Å². The number of carbonyl (C=O) groups is 1. The number of aromatic nitrogens is 2. The zero-order chi connectivity index (χ0) is 11.5. The summed E-state index contributed by atoms with van der Waals surface area (Å²) in [6.07, 6.45) is 7.45. The lowest BCUT2D eigenvalue weighted by molar-refractivity contribution is -0.123. The number of nitrogens with two attached hydrogens (primary N) is 1.